The number of ether oxygens (including phenoxy) is 1. The molecule has 1 aliphatic heterocycles. The van der Waals surface area contributed by atoms with Crippen molar-refractivity contribution in [1.82, 2.24) is 10.6 Å². The van der Waals surface area contributed by atoms with Crippen molar-refractivity contribution in [2.24, 2.45) is 5.92 Å². The van der Waals surface area contributed by atoms with Crippen LogP contribution in [-0.4, -0.2) is 31.6 Å². The van der Waals surface area contributed by atoms with Gasteiger partial charge in [-0.2, -0.15) is 0 Å². The fourth-order valence-electron chi connectivity index (χ4n) is 2.26. The number of rotatable bonds is 6. The first kappa shape index (κ1) is 16.8. The van der Waals surface area contributed by atoms with Crippen molar-refractivity contribution < 1.29 is 9.53 Å². The average molecular weight is 299 g/mol. The van der Waals surface area contributed by atoms with E-state index in [1.807, 2.05) is 30.3 Å². The molecule has 2 rings (SSSR count). The molecule has 1 amide bonds. The van der Waals surface area contributed by atoms with E-state index in [1.54, 1.807) is 6.92 Å². The number of hydrogen-bond donors (Lipinski definition) is 2. The fraction of sp³-hybridized carbons (Fsp3) is 0.533. The Morgan fingerprint density at radius 2 is 2.20 bits per heavy atom. The van der Waals surface area contributed by atoms with Crippen LogP contribution in [0.25, 0.3) is 0 Å². The Morgan fingerprint density at radius 3 is 2.85 bits per heavy atom. The van der Waals surface area contributed by atoms with Gasteiger partial charge in [-0.3, -0.25) is 4.79 Å². The normalized spacial score (nSPS) is 18.9. The summed E-state index contributed by atoms with van der Waals surface area (Å²) in [5, 5.41) is 6.27. The summed E-state index contributed by atoms with van der Waals surface area (Å²) < 4.78 is 5.57. The first-order valence-corrected chi connectivity index (χ1v) is 6.96. The molecule has 0 bridgehead atoms. The van der Waals surface area contributed by atoms with Crippen LogP contribution < -0.4 is 15.4 Å². The van der Waals surface area contributed by atoms with Crippen LogP contribution in [0.15, 0.2) is 30.3 Å². The van der Waals surface area contributed by atoms with Gasteiger partial charge in [-0.05, 0) is 50.9 Å². The lowest BCUT2D eigenvalue weighted by Crippen LogP contribution is -2.37. The van der Waals surface area contributed by atoms with Crippen molar-refractivity contribution in [3.8, 4) is 5.75 Å². The molecule has 0 radical (unpaired) electrons. The maximum Gasteiger partial charge on any atom is 0.260 e. The van der Waals surface area contributed by atoms with Gasteiger partial charge in [0.25, 0.3) is 5.91 Å². The van der Waals surface area contributed by atoms with Gasteiger partial charge < -0.3 is 15.4 Å². The Hall–Kier alpha value is -1.26. The zero-order chi connectivity index (χ0) is 13.5. The third kappa shape index (κ3) is 5.39. The van der Waals surface area contributed by atoms with E-state index < -0.39 is 6.10 Å². The van der Waals surface area contributed by atoms with Crippen LogP contribution in [0.3, 0.4) is 0 Å². The van der Waals surface area contributed by atoms with Crippen molar-refractivity contribution in [3.05, 3.63) is 30.3 Å². The summed E-state index contributed by atoms with van der Waals surface area (Å²) >= 11 is 0. The van der Waals surface area contributed by atoms with Crippen molar-refractivity contribution in [2.75, 3.05) is 19.6 Å². The summed E-state index contributed by atoms with van der Waals surface area (Å²) in [5.41, 5.74) is 0. The Bertz CT molecular complexity index is 394. The third-order valence-corrected chi connectivity index (χ3v) is 3.44. The maximum atomic E-state index is 11.9. The highest BCUT2D eigenvalue weighted by Gasteiger charge is 2.17. The van der Waals surface area contributed by atoms with Gasteiger partial charge in [-0.25, -0.2) is 0 Å². The molecule has 0 aromatic heterocycles. The van der Waals surface area contributed by atoms with Crippen LogP contribution >= 0.6 is 12.4 Å². The summed E-state index contributed by atoms with van der Waals surface area (Å²) in [7, 11) is 0. The molecule has 2 unspecified atom stereocenters. The molecule has 1 heterocycles. The van der Waals surface area contributed by atoms with Crippen LogP contribution in [0.5, 0.6) is 5.75 Å². The molecule has 0 saturated carbocycles. The van der Waals surface area contributed by atoms with Crippen LogP contribution in [0.4, 0.5) is 0 Å². The van der Waals surface area contributed by atoms with Gasteiger partial charge in [0.2, 0.25) is 0 Å². The molecule has 5 heteroatoms. The van der Waals surface area contributed by atoms with Gasteiger partial charge in [-0.15, -0.1) is 12.4 Å². The van der Waals surface area contributed by atoms with Crippen LogP contribution in [-0.2, 0) is 4.79 Å². The van der Waals surface area contributed by atoms with E-state index in [1.165, 1.54) is 6.42 Å². The number of carbonyl (C=O) groups excluding carboxylic acids is 1. The van der Waals surface area contributed by atoms with E-state index in [0.29, 0.717) is 5.92 Å². The molecule has 1 saturated heterocycles. The summed E-state index contributed by atoms with van der Waals surface area (Å²) in [6.45, 7) is 4.69. The number of amides is 1. The fourth-order valence-corrected chi connectivity index (χ4v) is 2.26. The van der Waals surface area contributed by atoms with Crippen molar-refractivity contribution in [3.63, 3.8) is 0 Å². The van der Waals surface area contributed by atoms with E-state index >= 15 is 0 Å². The number of carbonyl (C=O) groups is 1. The zero-order valence-electron chi connectivity index (χ0n) is 11.8. The molecular formula is C15H23ClN2O2. The quantitative estimate of drug-likeness (QED) is 0.844. The minimum Gasteiger partial charge on any atom is -0.481 e. The van der Waals surface area contributed by atoms with Gasteiger partial charge in [-0.1, -0.05) is 18.2 Å². The SMILES string of the molecule is CC(Oc1ccccc1)C(=O)NCCC1CCNC1.Cl. The molecule has 2 N–H and O–H groups in total. The second-order valence-electron chi connectivity index (χ2n) is 5.01. The lowest BCUT2D eigenvalue weighted by Gasteiger charge is -2.15. The Kier molecular flexibility index (Phi) is 7.41. The molecule has 2 atom stereocenters. The largest absolute Gasteiger partial charge is 0.481 e. The highest BCUT2D eigenvalue weighted by Crippen LogP contribution is 2.12. The number of nitrogens with one attached hydrogen (secondary N) is 2. The van der Waals surface area contributed by atoms with Gasteiger partial charge in [0.05, 0.1) is 0 Å². The van der Waals surface area contributed by atoms with Crippen LogP contribution in [0.2, 0.25) is 0 Å². The van der Waals surface area contributed by atoms with E-state index in [4.69, 9.17) is 4.74 Å². The lowest BCUT2D eigenvalue weighted by molar-refractivity contribution is -0.127. The summed E-state index contributed by atoms with van der Waals surface area (Å²) in [4.78, 5) is 11.9. The lowest BCUT2D eigenvalue weighted by atomic mass is 10.1. The predicted octanol–water partition coefficient (Wildman–Crippen LogP) is 1.99. The molecule has 0 aliphatic carbocycles. The maximum absolute atomic E-state index is 11.9. The van der Waals surface area contributed by atoms with E-state index in [0.717, 1.165) is 31.8 Å². The molecule has 112 valence electrons. The second kappa shape index (κ2) is 8.82. The minimum absolute atomic E-state index is 0. The molecule has 1 fully saturated rings. The van der Waals surface area contributed by atoms with E-state index in [2.05, 4.69) is 10.6 Å². The molecule has 4 nitrogen and oxygen atoms in total. The second-order valence-corrected chi connectivity index (χ2v) is 5.01. The van der Waals surface area contributed by atoms with Crippen molar-refractivity contribution in [2.45, 2.75) is 25.9 Å². The highest BCUT2D eigenvalue weighted by atomic mass is 35.5. The Morgan fingerprint density at radius 1 is 1.45 bits per heavy atom. The topological polar surface area (TPSA) is 50.4 Å². The number of para-hydroxylation sites is 1. The van der Waals surface area contributed by atoms with E-state index in [9.17, 15) is 4.79 Å². The van der Waals surface area contributed by atoms with Gasteiger partial charge in [0.15, 0.2) is 6.10 Å². The first-order valence-electron chi connectivity index (χ1n) is 6.96. The van der Waals surface area contributed by atoms with Gasteiger partial charge in [0.1, 0.15) is 5.75 Å². The van der Waals surface area contributed by atoms with Crippen LogP contribution in [0, 0.1) is 5.92 Å². The molecule has 1 aromatic rings. The monoisotopic (exact) mass is 298 g/mol. The average Bonchev–Trinajstić information content (AvgIpc) is 2.93. The van der Waals surface area contributed by atoms with Crippen molar-refractivity contribution in [1.29, 1.82) is 0 Å². The molecule has 0 spiro atoms. The smallest absolute Gasteiger partial charge is 0.260 e. The highest BCUT2D eigenvalue weighted by molar-refractivity contribution is 5.85. The summed E-state index contributed by atoms with van der Waals surface area (Å²) in [5.74, 6) is 1.38. The van der Waals surface area contributed by atoms with Crippen LogP contribution in [0.1, 0.15) is 19.8 Å². The number of halogens is 1. The van der Waals surface area contributed by atoms with Gasteiger partial charge in [0, 0.05) is 6.54 Å². The predicted molar refractivity (Wildman–Crippen MR) is 82.4 cm³/mol. The molecule has 1 aromatic carbocycles. The van der Waals surface area contributed by atoms with E-state index in [-0.39, 0.29) is 18.3 Å². The zero-order valence-corrected chi connectivity index (χ0v) is 12.6. The van der Waals surface area contributed by atoms with Gasteiger partial charge >= 0.3 is 0 Å². The summed E-state index contributed by atoms with van der Waals surface area (Å²) in [6.07, 6.45) is 1.80. The van der Waals surface area contributed by atoms with Crippen molar-refractivity contribution >= 4 is 18.3 Å². The standard InChI is InChI=1S/C15H22N2O2.ClH/c1-12(19-14-5-3-2-4-6-14)15(18)17-10-8-13-7-9-16-11-13;/h2-6,12-13,16H,7-11H2,1H3,(H,17,18);1H. The Balaban J connectivity index is 0.00000200. The first-order chi connectivity index (χ1) is 9.25. The number of hydrogen-bond acceptors (Lipinski definition) is 3. The minimum atomic E-state index is -0.455. The molecular weight excluding hydrogens is 276 g/mol. The summed E-state index contributed by atoms with van der Waals surface area (Å²) in [6, 6.07) is 9.43. The molecule has 20 heavy (non-hydrogen) atoms. The third-order valence-electron chi connectivity index (χ3n) is 3.44. The Labute approximate surface area is 126 Å². The number of benzene rings is 1. The molecule has 1 aliphatic rings.